The topological polar surface area (TPSA) is 83.1 Å². The van der Waals surface area contributed by atoms with Crippen molar-refractivity contribution < 1.29 is 28.5 Å². The molecule has 0 saturated heterocycles. The highest BCUT2D eigenvalue weighted by Crippen LogP contribution is 2.27. The van der Waals surface area contributed by atoms with Crippen molar-refractivity contribution in [1.29, 1.82) is 0 Å². The monoisotopic (exact) mass is 407 g/mol. The quantitative estimate of drug-likeness (QED) is 0.481. The molecule has 0 heterocycles. The lowest BCUT2D eigenvalue weighted by Gasteiger charge is -2.10. The maximum absolute atomic E-state index is 11.9. The average molecular weight is 408 g/mol. The number of hydrogen-bond acceptors (Lipinski definition) is 6. The highest BCUT2D eigenvalue weighted by Gasteiger charge is 2.11. The molecule has 0 aliphatic carbocycles. The van der Waals surface area contributed by atoms with E-state index in [-0.39, 0.29) is 26.2 Å². The minimum Gasteiger partial charge on any atom is -0.493 e. The third-order valence-corrected chi connectivity index (χ3v) is 3.92. The lowest BCUT2D eigenvalue weighted by Crippen LogP contribution is -2.32. The number of rotatable bonds is 10. The molecule has 2 rings (SSSR count). The molecule has 8 heteroatoms. The molecule has 2 aromatic rings. The van der Waals surface area contributed by atoms with Crippen LogP contribution in [0.5, 0.6) is 17.2 Å². The second-order valence-electron chi connectivity index (χ2n) is 5.68. The lowest BCUT2D eigenvalue weighted by atomic mass is 10.1. The highest BCUT2D eigenvalue weighted by atomic mass is 35.5. The van der Waals surface area contributed by atoms with Gasteiger partial charge in [0, 0.05) is 5.02 Å². The number of hydrogen-bond donors (Lipinski definition) is 1. The number of esters is 1. The van der Waals surface area contributed by atoms with Crippen LogP contribution in [0.1, 0.15) is 5.56 Å². The Hall–Kier alpha value is -2.93. The smallest absolute Gasteiger partial charge is 0.310 e. The molecule has 0 saturated carbocycles. The minimum atomic E-state index is -0.514. The molecule has 1 N–H and O–H groups in total. The predicted molar refractivity (Wildman–Crippen MR) is 104 cm³/mol. The fourth-order valence-electron chi connectivity index (χ4n) is 2.30. The Morgan fingerprint density at radius 2 is 1.71 bits per heavy atom. The maximum Gasteiger partial charge on any atom is 0.310 e. The molecule has 0 fully saturated rings. The summed E-state index contributed by atoms with van der Waals surface area (Å²) in [6.45, 7) is 0.217. The van der Waals surface area contributed by atoms with Crippen molar-refractivity contribution in [3.8, 4) is 17.2 Å². The summed E-state index contributed by atoms with van der Waals surface area (Å²) in [6.07, 6.45) is 0.0211. The molecule has 2 aromatic carbocycles. The molecular weight excluding hydrogens is 386 g/mol. The Balaban J connectivity index is 1.66. The van der Waals surface area contributed by atoms with Crippen molar-refractivity contribution >= 4 is 23.5 Å². The summed E-state index contributed by atoms with van der Waals surface area (Å²) in [5, 5.41) is 3.23. The van der Waals surface area contributed by atoms with E-state index in [1.165, 1.54) is 14.2 Å². The van der Waals surface area contributed by atoms with Crippen molar-refractivity contribution in [2.75, 3.05) is 34.0 Å². The summed E-state index contributed by atoms with van der Waals surface area (Å²) in [5.74, 6) is 0.825. The summed E-state index contributed by atoms with van der Waals surface area (Å²) >= 11 is 5.79. The fourth-order valence-corrected chi connectivity index (χ4v) is 2.42. The third-order valence-electron chi connectivity index (χ3n) is 3.67. The van der Waals surface area contributed by atoms with Gasteiger partial charge in [-0.25, -0.2) is 0 Å². The van der Waals surface area contributed by atoms with Gasteiger partial charge in [-0.05, 0) is 42.0 Å². The van der Waals surface area contributed by atoms with Crippen LogP contribution in [0.2, 0.25) is 5.02 Å². The van der Waals surface area contributed by atoms with E-state index in [0.717, 1.165) is 0 Å². The van der Waals surface area contributed by atoms with Gasteiger partial charge in [0.15, 0.2) is 18.1 Å². The molecule has 28 heavy (non-hydrogen) atoms. The Kier molecular flexibility index (Phi) is 8.42. The van der Waals surface area contributed by atoms with E-state index in [2.05, 4.69) is 5.32 Å². The molecule has 0 aliphatic heterocycles. The molecule has 150 valence electrons. The van der Waals surface area contributed by atoms with Crippen molar-refractivity contribution in [3.05, 3.63) is 53.1 Å². The standard InChI is InChI=1S/C20H22ClNO6/c1-25-17-8-3-14(11-18(17)26-2)12-20(24)28-13-19(23)22-9-10-27-16-6-4-15(21)5-7-16/h3-8,11H,9-10,12-13H2,1-2H3,(H,22,23). The number of halogens is 1. The maximum atomic E-state index is 11.9. The van der Waals surface area contributed by atoms with Crippen LogP contribution in [0.3, 0.4) is 0 Å². The zero-order valence-corrected chi connectivity index (χ0v) is 16.5. The second-order valence-corrected chi connectivity index (χ2v) is 6.12. The number of benzene rings is 2. The van der Waals surface area contributed by atoms with Crippen LogP contribution in [0.15, 0.2) is 42.5 Å². The van der Waals surface area contributed by atoms with Crippen LogP contribution in [0.4, 0.5) is 0 Å². The summed E-state index contributed by atoms with van der Waals surface area (Å²) in [7, 11) is 3.05. The summed E-state index contributed by atoms with van der Waals surface area (Å²) in [6, 6.07) is 12.0. The molecule has 0 aliphatic rings. The molecule has 7 nitrogen and oxygen atoms in total. The summed E-state index contributed by atoms with van der Waals surface area (Å²) < 4.78 is 20.8. The van der Waals surface area contributed by atoms with Gasteiger partial charge in [-0.1, -0.05) is 17.7 Å². The molecule has 0 atom stereocenters. The van der Waals surface area contributed by atoms with Crippen molar-refractivity contribution in [3.63, 3.8) is 0 Å². The van der Waals surface area contributed by atoms with E-state index >= 15 is 0 Å². The van der Waals surface area contributed by atoms with Gasteiger partial charge in [0.1, 0.15) is 12.4 Å². The predicted octanol–water partition coefficient (Wildman–Crippen LogP) is 2.64. The number of nitrogens with one attached hydrogen (secondary N) is 1. The second kappa shape index (κ2) is 11.0. The highest BCUT2D eigenvalue weighted by molar-refractivity contribution is 6.30. The van der Waals surface area contributed by atoms with Gasteiger partial charge in [0.05, 0.1) is 27.2 Å². The van der Waals surface area contributed by atoms with E-state index in [4.69, 9.17) is 30.5 Å². The van der Waals surface area contributed by atoms with Crippen LogP contribution in [0, 0.1) is 0 Å². The van der Waals surface area contributed by atoms with Crippen LogP contribution in [-0.2, 0) is 20.7 Å². The van der Waals surface area contributed by atoms with E-state index in [0.29, 0.717) is 27.8 Å². The number of carbonyl (C=O) groups excluding carboxylic acids is 2. The van der Waals surface area contributed by atoms with E-state index < -0.39 is 11.9 Å². The first-order valence-electron chi connectivity index (χ1n) is 8.53. The van der Waals surface area contributed by atoms with Gasteiger partial charge in [-0.3, -0.25) is 9.59 Å². The van der Waals surface area contributed by atoms with Crippen LogP contribution in [0.25, 0.3) is 0 Å². The van der Waals surface area contributed by atoms with Gasteiger partial charge in [-0.15, -0.1) is 0 Å². The fraction of sp³-hybridized carbons (Fsp3) is 0.300. The van der Waals surface area contributed by atoms with Crippen molar-refractivity contribution in [1.82, 2.24) is 5.32 Å². The van der Waals surface area contributed by atoms with Gasteiger partial charge < -0.3 is 24.3 Å². The van der Waals surface area contributed by atoms with Crippen LogP contribution in [-0.4, -0.2) is 45.9 Å². The number of methoxy groups -OCH3 is 2. The van der Waals surface area contributed by atoms with Gasteiger partial charge in [0.25, 0.3) is 5.91 Å². The van der Waals surface area contributed by atoms with Crippen molar-refractivity contribution in [2.24, 2.45) is 0 Å². The average Bonchev–Trinajstić information content (AvgIpc) is 2.71. The van der Waals surface area contributed by atoms with E-state index in [9.17, 15) is 9.59 Å². The molecular formula is C20H22ClNO6. The Morgan fingerprint density at radius 1 is 1.00 bits per heavy atom. The molecule has 1 amide bonds. The first kappa shape index (κ1) is 21.4. The largest absolute Gasteiger partial charge is 0.493 e. The number of carbonyl (C=O) groups is 2. The Bertz CT molecular complexity index is 794. The molecule has 0 spiro atoms. The van der Waals surface area contributed by atoms with Crippen molar-refractivity contribution in [2.45, 2.75) is 6.42 Å². The zero-order chi connectivity index (χ0) is 20.4. The number of amides is 1. The van der Waals surface area contributed by atoms with Gasteiger partial charge >= 0.3 is 5.97 Å². The normalized spacial score (nSPS) is 10.1. The lowest BCUT2D eigenvalue weighted by molar-refractivity contribution is -0.147. The van der Waals surface area contributed by atoms with Crippen LogP contribution >= 0.6 is 11.6 Å². The molecule has 0 unspecified atom stereocenters. The van der Waals surface area contributed by atoms with Gasteiger partial charge in [-0.2, -0.15) is 0 Å². The Morgan fingerprint density at radius 3 is 2.39 bits per heavy atom. The first-order valence-corrected chi connectivity index (χ1v) is 8.91. The zero-order valence-electron chi connectivity index (χ0n) is 15.7. The number of ether oxygens (including phenoxy) is 4. The van der Waals surface area contributed by atoms with E-state index in [1.54, 1.807) is 42.5 Å². The SMILES string of the molecule is COc1ccc(CC(=O)OCC(=O)NCCOc2ccc(Cl)cc2)cc1OC. The summed E-state index contributed by atoms with van der Waals surface area (Å²) in [4.78, 5) is 23.6. The minimum absolute atomic E-state index is 0.0211. The molecule has 0 bridgehead atoms. The third kappa shape index (κ3) is 7.00. The Labute approximate surface area is 168 Å². The van der Waals surface area contributed by atoms with Crippen LogP contribution < -0.4 is 19.5 Å². The first-order chi connectivity index (χ1) is 13.5. The molecule has 0 aromatic heterocycles. The summed E-state index contributed by atoms with van der Waals surface area (Å²) in [5.41, 5.74) is 0.694. The van der Waals surface area contributed by atoms with Gasteiger partial charge in [0.2, 0.25) is 0 Å². The molecule has 0 radical (unpaired) electrons. The van der Waals surface area contributed by atoms with E-state index in [1.807, 2.05) is 0 Å².